The van der Waals surface area contributed by atoms with Gasteiger partial charge in [-0.3, -0.25) is 4.79 Å². The summed E-state index contributed by atoms with van der Waals surface area (Å²) >= 11 is 3.30. The normalized spacial score (nSPS) is 12.2. The van der Waals surface area contributed by atoms with Crippen LogP contribution in [0.4, 0.5) is 8.78 Å². The van der Waals surface area contributed by atoms with Crippen molar-refractivity contribution in [2.45, 2.75) is 38.8 Å². The zero-order valence-corrected chi connectivity index (χ0v) is 12.8. The number of alkyl halides is 3. The van der Waals surface area contributed by atoms with E-state index >= 15 is 0 Å². The van der Waals surface area contributed by atoms with Crippen molar-refractivity contribution in [3.8, 4) is 5.75 Å². The van der Waals surface area contributed by atoms with Gasteiger partial charge in [-0.15, -0.1) is 0 Å². The van der Waals surface area contributed by atoms with E-state index in [4.69, 9.17) is 0 Å². The van der Waals surface area contributed by atoms with E-state index < -0.39 is 6.61 Å². The van der Waals surface area contributed by atoms with E-state index in [-0.39, 0.29) is 17.7 Å². The number of carbonyl (C=O) groups excluding carboxylic acids is 1. The van der Waals surface area contributed by atoms with Crippen LogP contribution in [0.5, 0.6) is 5.75 Å². The molecule has 20 heavy (non-hydrogen) atoms. The fraction of sp³-hybridized carbons (Fsp3) is 0.500. The largest absolute Gasteiger partial charge is 0.434 e. The van der Waals surface area contributed by atoms with Crippen molar-refractivity contribution in [2.75, 3.05) is 5.33 Å². The number of carbonyl (C=O) groups is 1. The molecule has 0 bridgehead atoms. The number of unbranched alkanes of at least 4 members (excludes halogenated alkanes) is 1. The number of benzene rings is 1. The number of halogens is 3. The summed E-state index contributed by atoms with van der Waals surface area (Å²) in [4.78, 5) is 11.7. The van der Waals surface area contributed by atoms with Crippen LogP contribution in [0, 0.1) is 0 Å². The fourth-order valence-corrected chi connectivity index (χ4v) is 2.21. The summed E-state index contributed by atoms with van der Waals surface area (Å²) in [6, 6.07) is 6.10. The highest BCUT2D eigenvalue weighted by atomic mass is 79.9. The fourth-order valence-electron chi connectivity index (χ4n) is 1.81. The number of hydrogen-bond donors (Lipinski definition) is 1. The third-order valence-corrected chi connectivity index (χ3v) is 3.33. The summed E-state index contributed by atoms with van der Waals surface area (Å²) in [6.45, 7) is -1.13. The van der Waals surface area contributed by atoms with Gasteiger partial charge in [0.1, 0.15) is 5.75 Å². The van der Waals surface area contributed by atoms with Crippen LogP contribution < -0.4 is 10.1 Å². The van der Waals surface area contributed by atoms with Gasteiger partial charge in [-0.25, -0.2) is 0 Å². The molecule has 0 fully saturated rings. The molecule has 0 heterocycles. The molecule has 0 aromatic heterocycles. The molecule has 0 aliphatic rings. The highest BCUT2D eigenvalue weighted by molar-refractivity contribution is 9.09. The predicted octanol–water partition coefficient (Wildman–Crippen LogP) is 4.03. The number of hydrogen-bond acceptors (Lipinski definition) is 2. The Labute approximate surface area is 125 Å². The van der Waals surface area contributed by atoms with Crippen molar-refractivity contribution in [3.63, 3.8) is 0 Å². The van der Waals surface area contributed by atoms with Gasteiger partial charge in [0, 0.05) is 17.3 Å². The number of para-hydroxylation sites is 1. The molecule has 0 aliphatic heterocycles. The zero-order valence-electron chi connectivity index (χ0n) is 11.2. The third kappa shape index (κ3) is 5.86. The van der Waals surface area contributed by atoms with Crippen molar-refractivity contribution in [1.82, 2.24) is 5.32 Å². The molecule has 1 unspecified atom stereocenters. The van der Waals surface area contributed by atoms with Gasteiger partial charge in [-0.1, -0.05) is 34.1 Å². The van der Waals surface area contributed by atoms with Crippen molar-refractivity contribution >= 4 is 21.8 Å². The first-order valence-corrected chi connectivity index (χ1v) is 7.55. The van der Waals surface area contributed by atoms with E-state index in [0.717, 1.165) is 18.2 Å². The van der Waals surface area contributed by atoms with E-state index in [2.05, 4.69) is 26.0 Å². The molecular weight excluding hydrogens is 332 g/mol. The first-order valence-electron chi connectivity index (χ1n) is 6.43. The van der Waals surface area contributed by atoms with Crippen LogP contribution in [0.1, 0.15) is 37.8 Å². The summed E-state index contributed by atoms with van der Waals surface area (Å²) in [5.74, 6) is 0.000980. The minimum atomic E-state index is -2.88. The summed E-state index contributed by atoms with van der Waals surface area (Å²) in [7, 11) is 0. The SMILES string of the molecule is CC(NC(=O)CCCCBr)c1ccccc1OC(F)F. The molecular formula is C14H18BrF2NO2. The lowest BCUT2D eigenvalue weighted by Crippen LogP contribution is -2.26. The van der Waals surface area contributed by atoms with Gasteiger partial charge in [-0.05, 0) is 25.8 Å². The van der Waals surface area contributed by atoms with E-state index in [9.17, 15) is 13.6 Å². The maximum Gasteiger partial charge on any atom is 0.387 e. The van der Waals surface area contributed by atoms with E-state index in [1.807, 2.05) is 0 Å². The predicted molar refractivity (Wildman–Crippen MR) is 77.3 cm³/mol. The third-order valence-electron chi connectivity index (χ3n) is 2.77. The second-order valence-electron chi connectivity index (χ2n) is 4.35. The molecule has 1 aromatic carbocycles. The summed E-state index contributed by atoms with van der Waals surface area (Å²) in [6.07, 6.45) is 2.14. The number of amides is 1. The second-order valence-corrected chi connectivity index (χ2v) is 5.14. The molecule has 0 spiro atoms. The monoisotopic (exact) mass is 349 g/mol. The van der Waals surface area contributed by atoms with Gasteiger partial charge in [-0.2, -0.15) is 8.78 Å². The summed E-state index contributed by atoms with van der Waals surface area (Å²) < 4.78 is 29.1. The molecule has 1 N–H and O–H groups in total. The molecule has 1 amide bonds. The molecule has 0 aliphatic carbocycles. The minimum Gasteiger partial charge on any atom is -0.434 e. The Balaban J connectivity index is 2.62. The van der Waals surface area contributed by atoms with Gasteiger partial charge in [0.15, 0.2) is 0 Å². The first-order chi connectivity index (χ1) is 9.54. The van der Waals surface area contributed by atoms with Gasteiger partial charge in [0.2, 0.25) is 5.91 Å². The van der Waals surface area contributed by atoms with E-state index in [0.29, 0.717) is 12.0 Å². The lowest BCUT2D eigenvalue weighted by atomic mass is 10.1. The van der Waals surface area contributed by atoms with Gasteiger partial charge >= 0.3 is 6.61 Å². The van der Waals surface area contributed by atoms with Crippen molar-refractivity contribution in [3.05, 3.63) is 29.8 Å². The molecule has 0 saturated carbocycles. The Morgan fingerprint density at radius 1 is 1.35 bits per heavy atom. The Hall–Kier alpha value is -1.17. The molecule has 0 radical (unpaired) electrons. The number of rotatable bonds is 8. The molecule has 1 rings (SSSR count). The topological polar surface area (TPSA) is 38.3 Å². The molecule has 6 heteroatoms. The Kier molecular flexibility index (Phi) is 7.51. The first kappa shape index (κ1) is 16.9. The van der Waals surface area contributed by atoms with Crippen LogP contribution in [-0.2, 0) is 4.79 Å². The standard InChI is InChI=1S/C14H18BrF2NO2/c1-10(18-13(19)8-4-5-9-15)11-6-2-3-7-12(11)20-14(16)17/h2-3,6-7,10,14H,4-5,8-9H2,1H3,(H,18,19). The smallest absolute Gasteiger partial charge is 0.387 e. The van der Waals surface area contributed by atoms with Gasteiger partial charge < -0.3 is 10.1 Å². The van der Waals surface area contributed by atoms with Crippen LogP contribution in [-0.4, -0.2) is 17.8 Å². The Morgan fingerprint density at radius 2 is 2.05 bits per heavy atom. The van der Waals surface area contributed by atoms with Crippen LogP contribution >= 0.6 is 15.9 Å². The van der Waals surface area contributed by atoms with E-state index in [1.54, 1.807) is 25.1 Å². The van der Waals surface area contributed by atoms with Crippen LogP contribution in [0.25, 0.3) is 0 Å². The summed E-state index contributed by atoms with van der Waals surface area (Å²) in [5.41, 5.74) is 0.543. The molecule has 0 saturated heterocycles. The number of nitrogens with one attached hydrogen (secondary N) is 1. The van der Waals surface area contributed by atoms with Gasteiger partial charge in [0.25, 0.3) is 0 Å². The Morgan fingerprint density at radius 3 is 2.70 bits per heavy atom. The number of ether oxygens (including phenoxy) is 1. The lowest BCUT2D eigenvalue weighted by molar-refractivity contribution is -0.121. The molecule has 3 nitrogen and oxygen atoms in total. The van der Waals surface area contributed by atoms with E-state index in [1.165, 1.54) is 6.07 Å². The molecule has 1 aromatic rings. The summed E-state index contributed by atoms with van der Waals surface area (Å²) in [5, 5.41) is 3.65. The molecule has 112 valence electrons. The highest BCUT2D eigenvalue weighted by Crippen LogP contribution is 2.26. The van der Waals surface area contributed by atoms with Crippen LogP contribution in [0.2, 0.25) is 0 Å². The quantitative estimate of drug-likeness (QED) is 0.568. The average molecular weight is 350 g/mol. The molecule has 1 atom stereocenters. The maximum atomic E-state index is 12.3. The van der Waals surface area contributed by atoms with Crippen LogP contribution in [0.3, 0.4) is 0 Å². The average Bonchev–Trinajstić information content (AvgIpc) is 2.38. The Bertz CT molecular complexity index is 429. The lowest BCUT2D eigenvalue weighted by Gasteiger charge is -2.18. The van der Waals surface area contributed by atoms with Crippen LogP contribution in [0.15, 0.2) is 24.3 Å². The maximum absolute atomic E-state index is 12.3. The van der Waals surface area contributed by atoms with Crippen molar-refractivity contribution in [1.29, 1.82) is 0 Å². The zero-order chi connectivity index (χ0) is 15.0. The second kappa shape index (κ2) is 8.89. The van der Waals surface area contributed by atoms with Crippen molar-refractivity contribution in [2.24, 2.45) is 0 Å². The van der Waals surface area contributed by atoms with Gasteiger partial charge in [0.05, 0.1) is 6.04 Å². The van der Waals surface area contributed by atoms with Crippen molar-refractivity contribution < 1.29 is 18.3 Å². The minimum absolute atomic E-state index is 0.0923. The highest BCUT2D eigenvalue weighted by Gasteiger charge is 2.16.